The Hall–Kier alpha value is -2.08. The standard InChI is InChI=1S/C20H30N4O2/c1-3-4-9-24-15-16(14-19(24)25)20(26)21-17-5-7-18(8-6-17)23-12-10-22(2)11-13-23/h5-8,16H,3-4,9-15H2,1-2H3,(H,21,26). The number of hydrogen-bond acceptors (Lipinski definition) is 4. The third kappa shape index (κ3) is 4.55. The van der Waals surface area contributed by atoms with Crippen molar-refractivity contribution in [3.05, 3.63) is 24.3 Å². The average molecular weight is 358 g/mol. The minimum absolute atomic E-state index is 0.0512. The number of amides is 2. The molecule has 0 spiro atoms. The predicted molar refractivity (Wildman–Crippen MR) is 104 cm³/mol. The van der Waals surface area contributed by atoms with Gasteiger partial charge in [0, 0.05) is 57.1 Å². The van der Waals surface area contributed by atoms with Gasteiger partial charge in [0.2, 0.25) is 11.8 Å². The number of carbonyl (C=O) groups is 2. The number of piperazine rings is 1. The molecule has 0 radical (unpaired) electrons. The van der Waals surface area contributed by atoms with Crippen LogP contribution in [0.3, 0.4) is 0 Å². The van der Waals surface area contributed by atoms with Gasteiger partial charge in [-0.25, -0.2) is 0 Å². The summed E-state index contributed by atoms with van der Waals surface area (Å²) in [5, 5.41) is 2.97. The number of nitrogens with zero attached hydrogens (tertiary/aromatic N) is 3. The SMILES string of the molecule is CCCCN1CC(C(=O)Nc2ccc(N3CCN(C)CC3)cc2)CC1=O. The van der Waals surface area contributed by atoms with Crippen LogP contribution in [0.15, 0.2) is 24.3 Å². The van der Waals surface area contributed by atoms with E-state index in [0.717, 1.165) is 51.3 Å². The van der Waals surface area contributed by atoms with E-state index in [1.807, 2.05) is 17.0 Å². The molecule has 2 aliphatic heterocycles. The number of carbonyl (C=O) groups excluding carboxylic acids is 2. The van der Waals surface area contributed by atoms with Gasteiger partial charge in [-0.1, -0.05) is 13.3 Å². The molecule has 1 aromatic carbocycles. The first-order valence-corrected chi connectivity index (χ1v) is 9.69. The van der Waals surface area contributed by atoms with Crippen molar-refractivity contribution in [3.63, 3.8) is 0 Å². The lowest BCUT2D eigenvalue weighted by atomic mass is 10.1. The van der Waals surface area contributed by atoms with Crippen LogP contribution in [0.1, 0.15) is 26.2 Å². The van der Waals surface area contributed by atoms with Crippen LogP contribution in [0.25, 0.3) is 0 Å². The third-order valence-corrected chi connectivity index (χ3v) is 5.37. The highest BCUT2D eigenvalue weighted by atomic mass is 16.2. The molecule has 1 aromatic rings. The van der Waals surface area contributed by atoms with Crippen molar-refractivity contribution in [1.29, 1.82) is 0 Å². The number of likely N-dealkylation sites (N-methyl/N-ethyl adjacent to an activating group) is 1. The molecule has 26 heavy (non-hydrogen) atoms. The molecule has 3 rings (SSSR count). The molecule has 2 amide bonds. The molecule has 2 fully saturated rings. The largest absolute Gasteiger partial charge is 0.369 e. The Kier molecular flexibility index (Phi) is 6.14. The summed E-state index contributed by atoms with van der Waals surface area (Å²) < 4.78 is 0. The summed E-state index contributed by atoms with van der Waals surface area (Å²) in [6.07, 6.45) is 2.38. The van der Waals surface area contributed by atoms with Crippen LogP contribution >= 0.6 is 0 Å². The molecule has 1 atom stereocenters. The van der Waals surface area contributed by atoms with Crippen molar-refractivity contribution in [1.82, 2.24) is 9.80 Å². The molecule has 0 aromatic heterocycles. The molecule has 6 nitrogen and oxygen atoms in total. The second kappa shape index (κ2) is 8.54. The van der Waals surface area contributed by atoms with E-state index < -0.39 is 0 Å². The lowest BCUT2D eigenvalue weighted by Gasteiger charge is -2.34. The van der Waals surface area contributed by atoms with E-state index in [2.05, 4.69) is 41.2 Å². The quantitative estimate of drug-likeness (QED) is 0.845. The normalized spacial score (nSPS) is 21.3. The van der Waals surface area contributed by atoms with E-state index in [-0.39, 0.29) is 17.7 Å². The van der Waals surface area contributed by atoms with Crippen LogP contribution in [0.4, 0.5) is 11.4 Å². The van der Waals surface area contributed by atoms with Crippen LogP contribution < -0.4 is 10.2 Å². The zero-order chi connectivity index (χ0) is 18.5. The van der Waals surface area contributed by atoms with E-state index in [9.17, 15) is 9.59 Å². The highest BCUT2D eigenvalue weighted by Crippen LogP contribution is 2.22. The summed E-state index contributed by atoms with van der Waals surface area (Å²) in [6.45, 7) is 7.62. The molecule has 2 heterocycles. The summed E-state index contributed by atoms with van der Waals surface area (Å²) in [5.41, 5.74) is 1.99. The number of rotatable bonds is 6. The van der Waals surface area contributed by atoms with Gasteiger partial charge in [-0.05, 0) is 37.7 Å². The number of likely N-dealkylation sites (tertiary alicyclic amines) is 1. The summed E-state index contributed by atoms with van der Waals surface area (Å²) in [5.74, 6) is -0.189. The molecule has 6 heteroatoms. The molecular formula is C20H30N4O2. The molecule has 2 aliphatic rings. The minimum Gasteiger partial charge on any atom is -0.369 e. The van der Waals surface area contributed by atoms with E-state index in [1.54, 1.807) is 0 Å². The van der Waals surface area contributed by atoms with Crippen LogP contribution in [0, 0.1) is 5.92 Å². The average Bonchev–Trinajstić information content (AvgIpc) is 3.02. The number of nitrogens with one attached hydrogen (secondary N) is 1. The Bertz CT molecular complexity index is 623. The van der Waals surface area contributed by atoms with Gasteiger partial charge in [0.15, 0.2) is 0 Å². The first kappa shape index (κ1) is 18.7. The van der Waals surface area contributed by atoms with Crippen molar-refractivity contribution < 1.29 is 9.59 Å². The van der Waals surface area contributed by atoms with Crippen molar-refractivity contribution in [2.24, 2.45) is 5.92 Å². The fraction of sp³-hybridized carbons (Fsp3) is 0.600. The first-order valence-electron chi connectivity index (χ1n) is 9.69. The van der Waals surface area contributed by atoms with E-state index in [0.29, 0.717) is 13.0 Å². The zero-order valence-corrected chi connectivity index (χ0v) is 15.9. The second-order valence-corrected chi connectivity index (χ2v) is 7.42. The van der Waals surface area contributed by atoms with Crippen LogP contribution in [-0.2, 0) is 9.59 Å². The van der Waals surface area contributed by atoms with Gasteiger partial charge in [0.25, 0.3) is 0 Å². The van der Waals surface area contributed by atoms with Crippen LogP contribution in [0.5, 0.6) is 0 Å². The first-order chi connectivity index (χ1) is 12.6. The maximum atomic E-state index is 12.5. The summed E-state index contributed by atoms with van der Waals surface area (Å²) in [4.78, 5) is 31.0. The fourth-order valence-electron chi connectivity index (χ4n) is 3.58. The van der Waals surface area contributed by atoms with Gasteiger partial charge in [0.1, 0.15) is 0 Å². The van der Waals surface area contributed by atoms with Gasteiger partial charge in [-0.15, -0.1) is 0 Å². The molecule has 0 bridgehead atoms. The van der Waals surface area contributed by atoms with Gasteiger partial charge < -0.3 is 20.0 Å². The molecule has 0 aliphatic carbocycles. The van der Waals surface area contributed by atoms with Gasteiger partial charge in [-0.3, -0.25) is 9.59 Å². The zero-order valence-electron chi connectivity index (χ0n) is 15.9. The Labute approximate surface area is 156 Å². The number of hydrogen-bond donors (Lipinski definition) is 1. The highest BCUT2D eigenvalue weighted by Gasteiger charge is 2.33. The minimum atomic E-state index is -0.239. The summed E-state index contributed by atoms with van der Waals surface area (Å²) >= 11 is 0. The van der Waals surface area contributed by atoms with Crippen molar-refractivity contribution in [2.75, 3.05) is 56.5 Å². The Balaban J connectivity index is 1.52. The molecule has 1 N–H and O–H groups in total. The van der Waals surface area contributed by atoms with Crippen LogP contribution in [-0.4, -0.2) is 67.9 Å². The molecule has 1 unspecified atom stereocenters. The van der Waals surface area contributed by atoms with Crippen molar-refractivity contribution >= 4 is 23.2 Å². The second-order valence-electron chi connectivity index (χ2n) is 7.42. The maximum absolute atomic E-state index is 12.5. The molecule has 0 saturated carbocycles. The number of anilines is 2. The van der Waals surface area contributed by atoms with Crippen molar-refractivity contribution in [3.8, 4) is 0 Å². The summed E-state index contributed by atoms with van der Waals surface area (Å²) in [6, 6.07) is 8.04. The van der Waals surface area contributed by atoms with Gasteiger partial charge in [-0.2, -0.15) is 0 Å². The Morgan fingerprint density at radius 2 is 1.85 bits per heavy atom. The van der Waals surface area contributed by atoms with Crippen LogP contribution in [0.2, 0.25) is 0 Å². The molecule has 2 saturated heterocycles. The predicted octanol–water partition coefficient (Wildman–Crippen LogP) is 2.03. The lowest BCUT2D eigenvalue weighted by Crippen LogP contribution is -2.44. The monoisotopic (exact) mass is 358 g/mol. The summed E-state index contributed by atoms with van der Waals surface area (Å²) in [7, 11) is 2.15. The highest BCUT2D eigenvalue weighted by molar-refractivity contribution is 5.97. The van der Waals surface area contributed by atoms with E-state index in [4.69, 9.17) is 0 Å². The van der Waals surface area contributed by atoms with Gasteiger partial charge in [0.05, 0.1) is 5.92 Å². The maximum Gasteiger partial charge on any atom is 0.229 e. The fourth-order valence-corrected chi connectivity index (χ4v) is 3.58. The van der Waals surface area contributed by atoms with Crippen molar-refractivity contribution in [2.45, 2.75) is 26.2 Å². The number of unbranched alkanes of at least 4 members (excludes halogenated alkanes) is 1. The van der Waals surface area contributed by atoms with Gasteiger partial charge >= 0.3 is 0 Å². The third-order valence-electron chi connectivity index (χ3n) is 5.37. The molecular weight excluding hydrogens is 328 g/mol. The Morgan fingerprint density at radius 1 is 1.15 bits per heavy atom. The number of benzene rings is 1. The Morgan fingerprint density at radius 3 is 2.50 bits per heavy atom. The smallest absolute Gasteiger partial charge is 0.229 e. The molecule has 142 valence electrons. The lowest BCUT2D eigenvalue weighted by molar-refractivity contribution is -0.128. The van der Waals surface area contributed by atoms with E-state index >= 15 is 0 Å². The van der Waals surface area contributed by atoms with E-state index in [1.165, 1.54) is 5.69 Å². The topological polar surface area (TPSA) is 55.9 Å².